The molecule has 0 atom stereocenters. The Bertz CT molecular complexity index is 1090. The van der Waals surface area contributed by atoms with Crippen molar-refractivity contribution in [3.63, 3.8) is 0 Å². The number of rotatable bonds is 4. The zero-order valence-corrected chi connectivity index (χ0v) is 16.1. The van der Waals surface area contributed by atoms with E-state index in [1.165, 1.54) is 5.56 Å². The van der Waals surface area contributed by atoms with Gasteiger partial charge in [-0.3, -0.25) is 4.57 Å². The van der Waals surface area contributed by atoms with E-state index in [-0.39, 0.29) is 0 Å². The number of para-hydroxylation sites is 2. The standard InChI is InChI=1S/C20H17ClN4S/c1-13-7-3-6-10-18(13)25-14(2)23-24-20(25)26-12-16-11-15-8-4-5-9-17(15)22-19(16)21/h3-11H,12H2,1-2H3. The summed E-state index contributed by atoms with van der Waals surface area (Å²) in [5.41, 5.74) is 4.18. The van der Waals surface area contributed by atoms with Gasteiger partial charge in [0.15, 0.2) is 5.16 Å². The molecule has 0 radical (unpaired) electrons. The molecule has 0 N–H and O–H groups in total. The smallest absolute Gasteiger partial charge is 0.196 e. The molecule has 2 aromatic heterocycles. The average Bonchev–Trinajstić information content (AvgIpc) is 3.01. The van der Waals surface area contributed by atoms with E-state index in [0.29, 0.717) is 10.9 Å². The number of hydrogen-bond acceptors (Lipinski definition) is 4. The summed E-state index contributed by atoms with van der Waals surface area (Å²) in [6.45, 7) is 4.06. The summed E-state index contributed by atoms with van der Waals surface area (Å²) in [7, 11) is 0. The molecule has 6 heteroatoms. The van der Waals surface area contributed by atoms with Crippen LogP contribution in [0, 0.1) is 13.8 Å². The normalized spacial score (nSPS) is 11.2. The Balaban J connectivity index is 1.66. The Morgan fingerprint density at radius 3 is 2.62 bits per heavy atom. The number of pyridine rings is 1. The molecule has 2 aromatic carbocycles. The van der Waals surface area contributed by atoms with Crippen LogP contribution >= 0.6 is 23.4 Å². The Morgan fingerprint density at radius 1 is 1.00 bits per heavy atom. The van der Waals surface area contributed by atoms with Gasteiger partial charge in [0, 0.05) is 16.7 Å². The number of thioether (sulfide) groups is 1. The highest BCUT2D eigenvalue weighted by atomic mass is 35.5. The van der Waals surface area contributed by atoms with Gasteiger partial charge in [-0.1, -0.05) is 59.8 Å². The van der Waals surface area contributed by atoms with Crippen LogP contribution in [0.15, 0.2) is 59.8 Å². The van der Waals surface area contributed by atoms with Gasteiger partial charge in [0.2, 0.25) is 0 Å². The van der Waals surface area contributed by atoms with Crippen molar-refractivity contribution in [2.45, 2.75) is 24.8 Å². The monoisotopic (exact) mass is 380 g/mol. The molecule has 4 aromatic rings. The van der Waals surface area contributed by atoms with E-state index in [1.54, 1.807) is 11.8 Å². The molecule has 0 saturated heterocycles. The molecule has 0 amide bonds. The van der Waals surface area contributed by atoms with E-state index in [9.17, 15) is 0 Å². The molecule has 2 heterocycles. The fourth-order valence-electron chi connectivity index (χ4n) is 2.91. The summed E-state index contributed by atoms with van der Waals surface area (Å²) in [5, 5.41) is 11.1. The second-order valence-electron chi connectivity index (χ2n) is 6.07. The Hall–Kier alpha value is -2.37. The van der Waals surface area contributed by atoms with E-state index >= 15 is 0 Å². The number of aromatic nitrogens is 4. The van der Waals surface area contributed by atoms with Gasteiger partial charge >= 0.3 is 0 Å². The van der Waals surface area contributed by atoms with Gasteiger partial charge < -0.3 is 0 Å². The fraction of sp³-hybridized carbons (Fsp3) is 0.150. The van der Waals surface area contributed by atoms with Crippen LogP contribution in [-0.4, -0.2) is 19.7 Å². The van der Waals surface area contributed by atoms with Crippen molar-refractivity contribution in [3.05, 3.63) is 76.7 Å². The summed E-state index contributed by atoms with van der Waals surface area (Å²) >= 11 is 8.00. The first kappa shape index (κ1) is 17.1. The lowest BCUT2D eigenvalue weighted by Gasteiger charge is -2.11. The average molecular weight is 381 g/mol. The summed E-state index contributed by atoms with van der Waals surface area (Å²) in [5.74, 6) is 1.55. The number of nitrogens with zero attached hydrogens (tertiary/aromatic N) is 4. The van der Waals surface area contributed by atoms with Crippen LogP contribution in [0.25, 0.3) is 16.6 Å². The summed E-state index contributed by atoms with van der Waals surface area (Å²) < 4.78 is 2.09. The summed E-state index contributed by atoms with van der Waals surface area (Å²) in [6, 6.07) is 18.3. The maximum absolute atomic E-state index is 6.39. The molecule has 0 aliphatic heterocycles. The first-order valence-electron chi connectivity index (χ1n) is 8.28. The van der Waals surface area contributed by atoms with E-state index in [2.05, 4.69) is 44.9 Å². The van der Waals surface area contributed by atoms with Crippen LogP contribution in [0.1, 0.15) is 17.0 Å². The molecule has 0 aliphatic carbocycles. The third-order valence-corrected chi connectivity index (χ3v) is 5.56. The molecule has 0 aliphatic rings. The second kappa shape index (κ2) is 7.09. The minimum Gasteiger partial charge on any atom is -0.274 e. The van der Waals surface area contributed by atoms with Gasteiger partial charge in [-0.05, 0) is 37.6 Å². The number of fused-ring (bicyclic) bond motifs is 1. The van der Waals surface area contributed by atoms with Crippen molar-refractivity contribution in [2.75, 3.05) is 0 Å². The summed E-state index contributed by atoms with van der Waals surface area (Å²) in [4.78, 5) is 4.50. The number of halogens is 1. The molecule has 0 fully saturated rings. The Labute approximate surface area is 161 Å². The maximum Gasteiger partial charge on any atom is 0.196 e. The lowest BCUT2D eigenvalue weighted by atomic mass is 10.2. The lowest BCUT2D eigenvalue weighted by molar-refractivity contribution is 0.861. The first-order valence-corrected chi connectivity index (χ1v) is 9.65. The van der Waals surface area contributed by atoms with E-state index in [0.717, 1.165) is 33.1 Å². The van der Waals surface area contributed by atoms with E-state index in [4.69, 9.17) is 11.6 Å². The third kappa shape index (κ3) is 3.20. The minimum atomic E-state index is 0.537. The minimum absolute atomic E-state index is 0.537. The van der Waals surface area contributed by atoms with Crippen LogP contribution in [-0.2, 0) is 5.75 Å². The predicted octanol–water partition coefficient (Wildman–Crippen LogP) is 5.38. The van der Waals surface area contributed by atoms with Crippen LogP contribution in [0.4, 0.5) is 0 Å². The van der Waals surface area contributed by atoms with Gasteiger partial charge in [0.05, 0.1) is 11.2 Å². The van der Waals surface area contributed by atoms with Crippen LogP contribution in [0.5, 0.6) is 0 Å². The second-order valence-corrected chi connectivity index (χ2v) is 7.37. The number of hydrogen-bond donors (Lipinski definition) is 0. The molecule has 0 bridgehead atoms. The van der Waals surface area contributed by atoms with Gasteiger partial charge in [0.25, 0.3) is 0 Å². The van der Waals surface area contributed by atoms with Crippen LogP contribution in [0.2, 0.25) is 5.15 Å². The van der Waals surface area contributed by atoms with Crippen molar-refractivity contribution >= 4 is 34.3 Å². The SMILES string of the molecule is Cc1ccccc1-n1c(C)nnc1SCc1cc2ccccc2nc1Cl. The number of aryl methyl sites for hydroxylation is 2. The highest BCUT2D eigenvalue weighted by molar-refractivity contribution is 7.98. The predicted molar refractivity (Wildman–Crippen MR) is 107 cm³/mol. The van der Waals surface area contributed by atoms with Gasteiger partial charge in [-0.2, -0.15) is 0 Å². The zero-order valence-electron chi connectivity index (χ0n) is 14.5. The van der Waals surface area contributed by atoms with Gasteiger partial charge in [-0.25, -0.2) is 4.98 Å². The molecule has 4 rings (SSSR count). The molecule has 0 spiro atoms. The quantitative estimate of drug-likeness (QED) is 0.352. The number of benzene rings is 2. The maximum atomic E-state index is 6.39. The van der Waals surface area contributed by atoms with Crippen molar-refractivity contribution in [1.29, 1.82) is 0 Å². The first-order chi connectivity index (χ1) is 12.6. The molecule has 130 valence electrons. The van der Waals surface area contributed by atoms with Crippen LogP contribution in [0.3, 0.4) is 0 Å². The topological polar surface area (TPSA) is 43.6 Å². The molecule has 4 nitrogen and oxygen atoms in total. The van der Waals surface area contributed by atoms with E-state index in [1.807, 2.05) is 43.3 Å². The highest BCUT2D eigenvalue weighted by Crippen LogP contribution is 2.29. The molecular formula is C20H17ClN4S. The Kier molecular flexibility index (Phi) is 4.66. The Morgan fingerprint density at radius 2 is 1.77 bits per heavy atom. The van der Waals surface area contributed by atoms with Crippen molar-refractivity contribution < 1.29 is 0 Å². The molecule has 0 saturated carbocycles. The van der Waals surface area contributed by atoms with Crippen LogP contribution < -0.4 is 0 Å². The van der Waals surface area contributed by atoms with Crippen molar-refractivity contribution in [2.24, 2.45) is 0 Å². The third-order valence-electron chi connectivity index (χ3n) is 4.26. The molecular weight excluding hydrogens is 364 g/mol. The van der Waals surface area contributed by atoms with Crippen molar-refractivity contribution in [3.8, 4) is 5.69 Å². The van der Waals surface area contributed by atoms with Gasteiger partial charge in [0.1, 0.15) is 11.0 Å². The lowest BCUT2D eigenvalue weighted by Crippen LogP contribution is -2.01. The molecule has 26 heavy (non-hydrogen) atoms. The van der Waals surface area contributed by atoms with Gasteiger partial charge in [-0.15, -0.1) is 10.2 Å². The largest absolute Gasteiger partial charge is 0.274 e. The summed E-state index contributed by atoms with van der Waals surface area (Å²) in [6.07, 6.45) is 0. The fourth-order valence-corrected chi connectivity index (χ4v) is 4.16. The van der Waals surface area contributed by atoms with Crippen molar-refractivity contribution in [1.82, 2.24) is 19.7 Å². The zero-order chi connectivity index (χ0) is 18.1. The highest BCUT2D eigenvalue weighted by Gasteiger charge is 2.14. The molecule has 0 unspecified atom stereocenters. The van der Waals surface area contributed by atoms with E-state index < -0.39 is 0 Å².